The van der Waals surface area contributed by atoms with Crippen LogP contribution in [0.1, 0.15) is 34.7 Å². The van der Waals surface area contributed by atoms with Crippen molar-refractivity contribution in [1.29, 1.82) is 0 Å². The van der Waals surface area contributed by atoms with Crippen molar-refractivity contribution in [2.45, 2.75) is 20.0 Å². The van der Waals surface area contributed by atoms with Crippen molar-refractivity contribution in [2.24, 2.45) is 0 Å². The fraction of sp³-hybridized carbons (Fsp3) is 0.190. The summed E-state index contributed by atoms with van der Waals surface area (Å²) in [7, 11) is 1.49. The molecule has 0 aliphatic heterocycles. The number of halogens is 1. The summed E-state index contributed by atoms with van der Waals surface area (Å²) in [5.41, 5.74) is 6.10. The number of aromatic nitrogens is 1. The third-order valence-electron chi connectivity index (χ3n) is 3.91. The number of carbonyl (C=O) groups is 2. The summed E-state index contributed by atoms with van der Waals surface area (Å²) in [4.78, 5) is 29.0. The van der Waals surface area contributed by atoms with Gasteiger partial charge in [-0.05, 0) is 44.2 Å². The number of ether oxygens (including phenoxy) is 2. The highest BCUT2D eigenvalue weighted by molar-refractivity contribution is 7.13. The molecule has 0 fully saturated rings. The van der Waals surface area contributed by atoms with E-state index >= 15 is 0 Å². The number of thiazole rings is 1. The van der Waals surface area contributed by atoms with Gasteiger partial charge in [0, 0.05) is 21.5 Å². The number of hydrogen-bond acceptors (Lipinski definition) is 6. The fourth-order valence-electron chi connectivity index (χ4n) is 2.51. The van der Waals surface area contributed by atoms with Gasteiger partial charge >= 0.3 is 0 Å². The van der Waals surface area contributed by atoms with Gasteiger partial charge in [0.15, 0.2) is 11.5 Å². The van der Waals surface area contributed by atoms with E-state index in [-0.39, 0.29) is 11.8 Å². The molecule has 9 heteroatoms. The number of rotatable bonds is 6. The molecule has 0 unspecified atom stereocenters. The number of hydrazine groups is 1. The number of nitrogens with zero attached hydrogens (tertiary/aromatic N) is 1. The van der Waals surface area contributed by atoms with Gasteiger partial charge in [-0.3, -0.25) is 20.4 Å². The third-order valence-corrected chi connectivity index (χ3v) is 5.05. The lowest BCUT2D eigenvalue weighted by Crippen LogP contribution is -2.41. The molecule has 30 heavy (non-hydrogen) atoms. The molecule has 0 spiro atoms. The van der Waals surface area contributed by atoms with Gasteiger partial charge in [0.2, 0.25) is 0 Å². The molecule has 0 saturated heterocycles. The number of carbonyl (C=O) groups excluding carboxylic acids is 2. The molecule has 2 amide bonds. The summed E-state index contributed by atoms with van der Waals surface area (Å²) >= 11 is 7.21. The van der Waals surface area contributed by atoms with Crippen molar-refractivity contribution in [3.8, 4) is 22.1 Å². The summed E-state index contributed by atoms with van der Waals surface area (Å²) in [6.45, 7) is 3.79. The van der Waals surface area contributed by atoms with Crippen LogP contribution in [0.2, 0.25) is 5.02 Å². The molecule has 0 aliphatic rings. The molecule has 0 atom stereocenters. The largest absolute Gasteiger partial charge is 0.493 e. The second kappa shape index (κ2) is 9.60. The van der Waals surface area contributed by atoms with Gasteiger partial charge in [0.1, 0.15) is 10.7 Å². The zero-order chi connectivity index (χ0) is 21.7. The predicted molar refractivity (Wildman–Crippen MR) is 116 cm³/mol. The second-order valence-corrected chi connectivity index (χ2v) is 7.78. The SMILES string of the molecule is COc1cc(C(=O)NNC(=O)c2csc(-c3ccc(Cl)cc3)n2)ccc1OC(C)C. The summed E-state index contributed by atoms with van der Waals surface area (Å²) < 4.78 is 10.9. The normalized spacial score (nSPS) is 10.6. The monoisotopic (exact) mass is 445 g/mol. The van der Waals surface area contributed by atoms with Crippen molar-refractivity contribution < 1.29 is 19.1 Å². The summed E-state index contributed by atoms with van der Waals surface area (Å²) in [6, 6.07) is 11.9. The minimum atomic E-state index is -0.522. The minimum absolute atomic E-state index is 0.0336. The molecule has 1 aromatic heterocycles. The molecule has 2 aromatic carbocycles. The van der Waals surface area contributed by atoms with Crippen LogP contribution < -0.4 is 20.3 Å². The zero-order valence-corrected chi connectivity index (χ0v) is 18.1. The van der Waals surface area contributed by atoms with Gasteiger partial charge in [-0.15, -0.1) is 11.3 Å². The lowest BCUT2D eigenvalue weighted by Gasteiger charge is -2.14. The van der Waals surface area contributed by atoms with Crippen LogP contribution >= 0.6 is 22.9 Å². The highest BCUT2D eigenvalue weighted by atomic mass is 35.5. The highest BCUT2D eigenvalue weighted by Crippen LogP contribution is 2.29. The topological polar surface area (TPSA) is 89.6 Å². The van der Waals surface area contributed by atoms with E-state index in [9.17, 15) is 9.59 Å². The Morgan fingerprint density at radius 2 is 1.73 bits per heavy atom. The third kappa shape index (κ3) is 5.28. The van der Waals surface area contributed by atoms with Crippen molar-refractivity contribution in [2.75, 3.05) is 7.11 Å². The van der Waals surface area contributed by atoms with Crippen LogP contribution in [0.4, 0.5) is 0 Å². The van der Waals surface area contributed by atoms with Crippen LogP contribution in [0, 0.1) is 0 Å². The maximum absolute atomic E-state index is 12.4. The van der Waals surface area contributed by atoms with Gasteiger partial charge in [-0.25, -0.2) is 4.98 Å². The smallest absolute Gasteiger partial charge is 0.289 e. The zero-order valence-electron chi connectivity index (χ0n) is 16.6. The van der Waals surface area contributed by atoms with Crippen LogP contribution in [-0.2, 0) is 0 Å². The molecular formula is C21H20ClN3O4S. The molecule has 0 radical (unpaired) electrons. The minimum Gasteiger partial charge on any atom is -0.493 e. The van der Waals surface area contributed by atoms with Gasteiger partial charge in [0.05, 0.1) is 13.2 Å². The van der Waals surface area contributed by atoms with E-state index in [1.54, 1.807) is 35.7 Å². The molecule has 3 aromatic rings. The number of benzene rings is 2. The summed E-state index contributed by atoms with van der Waals surface area (Å²) in [6.07, 6.45) is -0.0336. The number of amides is 2. The van der Waals surface area contributed by atoms with E-state index in [2.05, 4.69) is 15.8 Å². The van der Waals surface area contributed by atoms with Crippen LogP contribution in [-0.4, -0.2) is 30.0 Å². The van der Waals surface area contributed by atoms with Crippen molar-refractivity contribution in [3.05, 3.63) is 64.1 Å². The molecule has 0 aliphatic carbocycles. The molecular weight excluding hydrogens is 426 g/mol. The molecule has 3 rings (SSSR count). The quantitative estimate of drug-likeness (QED) is 0.551. The van der Waals surface area contributed by atoms with E-state index in [1.165, 1.54) is 18.4 Å². The second-order valence-electron chi connectivity index (χ2n) is 6.49. The first kappa shape index (κ1) is 21.6. The van der Waals surface area contributed by atoms with E-state index < -0.39 is 11.8 Å². The maximum Gasteiger partial charge on any atom is 0.289 e. The van der Waals surface area contributed by atoms with Gasteiger partial charge in [0.25, 0.3) is 11.8 Å². The van der Waals surface area contributed by atoms with E-state index in [0.29, 0.717) is 27.1 Å². The molecule has 2 N–H and O–H groups in total. The Balaban J connectivity index is 1.63. The highest BCUT2D eigenvalue weighted by Gasteiger charge is 2.15. The average molecular weight is 446 g/mol. The Morgan fingerprint density at radius 3 is 2.40 bits per heavy atom. The molecule has 7 nitrogen and oxygen atoms in total. The first-order valence-corrected chi connectivity index (χ1v) is 10.3. The van der Waals surface area contributed by atoms with Gasteiger partial charge in [-0.2, -0.15) is 0 Å². The Labute approximate surface area is 183 Å². The van der Waals surface area contributed by atoms with Crippen LogP contribution in [0.5, 0.6) is 11.5 Å². The first-order valence-electron chi connectivity index (χ1n) is 9.04. The average Bonchev–Trinajstić information content (AvgIpc) is 3.22. The molecule has 1 heterocycles. The van der Waals surface area contributed by atoms with E-state index in [0.717, 1.165) is 5.56 Å². The lowest BCUT2D eigenvalue weighted by molar-refractivity contribution is 0.0844. The molecule has 0 saturated carbocycles. The number of methoxy groups -OCH3 is 1. The van der Waals surface area contributed by atoms with Gasteiger partial charge < -0.3 is 9.47 Å². The van der Waals surface area contributed by atoms with Crippen molar-refractivity contribution in [1.82, 2.24) is 15.8 Å². The maximum atomic E-state index is 12.4. The Kier molecular flexibility index (Phi) is 6.91. The predicted octanol–water partition coefficient (Wildman–Crippen LogP) is 4.33. The van der Waals surface area contributed by atoms with Crippen molar-refractivity contribution >= 4 is 34.8 Å². The van der Waals surface area contributed by atoms with Gasteiger partial charge in [-0.1, -0.05) is 23.7 Å². The van der Waals surface area contributed by atoms with E-state index in [1.807, 2.05) is 26.0 Å². The Hall–Kier alpha value is -3.10. The van der Waals surface area contributed by atoms with Crippen LogP contribution in [0.25, 0.3) is 10.6 Å². The molecule has 156 valence electrons. The number of nitrogens with one attached hydrogen (secondary N) is 2. The fourth-order valence-corrected chi connectivity index (χ4v) is 3.45. The molecule has 0 bridgehead atoms. The van der Waals surface area contributed by atoms with E-state index in [4.69, 9.17) is 21.1 Å². The Bertz CT molecular complexity index is 1050. The summed E-state index contributed by atoms with van der Waals surface area (Å²) in [5, 5.41) is 2.91. The Morgan fingerprint density at radius 1 is 1.03 bits per heavy atom. The standard InChI is InChI=1S/C21H20ClN3O4S/c1-12(2)29-17-9-6-14(10-18(17)28-3)19(26)24-25-20(27)16-11-30-21(23-16)13-4-7-15(22)8-5-13/h4-12H,1-3H3,(H,24,26)(H,25,27). The lowest BCUT2D eigenvalue weighted by atomic mass is 10.2. The van der Waals surface area contributed by atoms with Crippen LogP contribution in [0.15, 0.2) is 47.8 Å². The number of hydrogen-bond donors (Lipinski definition) is 2. The summed E-state index contributed by atoms with van der Waals surface area (Å²) in [5.74, 6) is -0.0579. The van der Waals surface area contributed by atoms with Crippen LogP contribution in [0.3, 0.4) is 0 Å². The first-order chi connectivity index (χ1) is 14.4. The van der Waals surface area contributed by atoms with Crippen molar-refractivity contribution in [3.63, 3.8) is 0 Å².